The minimum Gasteiger partial charge on any atom is -0.444 e. The first kappa shape index (κ1) is 36.7. The van der Waals surface area contributed by atoms with Crippen molar-refractivity contribution < 1.29 is 32.6 Å². The quantitative estimate of drug-likeness (QED) is 0.187. The maximum Gasteiger partial charge on any atom is 0.408 e. The van der Waals surface area contributed by atoms with Crippen LogP contribution in [0.15, 0.2) is 42.9 Å². The highest BCUT2D eigenvalue weighted by Crippen LogP contribution is 2.14. The van der Waals surface area contributed by atoms with Gasteiger partial charge >= 0.3 is 6.09 Å². The third kappa shape index (κ3) is 13.9. The van der Waals surface area contributed by atoms with E-state index < -0.39 is 63.3 Å². The lowest BCUT2D eigenvalue weighted by molar-refractivity contribution is -0.130. The molecule has 0 aliphatic rings. The Morgan fingerprint density at radius 2 is 1.52 bits per heavy atom. The number of aromatic amines is 1. The molecule has 1 aromatic heterocycles. The lowest BCUT2D eigenvalue weighted by Crippen LogP contribution is -2.58. The van der Waals surface area contributed by atoms with Crippen LogP contribution in [0.3, 0.4) is 0 Å². The summed E-state index contributed by atoms with van der Waals surface area (Å²) in [5.41, 5.74) is 0.544. The summed E-state index contributed by atoms with van der Waals surface area (Å²) in [4.78, 5) is 46.9. The third-order valence-corrected chi connectivity index (χ3v) is 8.46. The fraction of sp³-hybridized carbons (Fsp3) is 0.613. The van der Waals surface area contributed by atoms with Gasteiger partial charge in [-0.3, -0.25) is 9.59 Å². The smallest absolute Gasteiger partial charge is 0.408 e. The van der Waals surface area contributed by atoms with Gasteiger partial charge in [0.25, 0.3) is 0 Å². The fourth-order valence-electron chi connectivity index (χ4n) is 4.66. The average Bonchev–Trinajstić information content (AvgIpc) is 3.38. The van der Waals surface area contributed by atoms with Crippen molar-refractivity contribution in [1.29, 1.82) is 0 Å². The Morgan fingerprint density at radius 1 is 0.909 bits per heavy atom. The second-order valence-corrected chi connectivity index (χ2v) is 15.2. The van der Waals surface area contributed by atoms with Crippen molar-refractivity contribution in [2.75, 3.05) is 11.5 Å². The number of carbonyl (C=O) groups excluding carboxylic acids is 3. The van der Waals surface area contributed by atoms with Gasteiger partial charge < -0.3 is 30.8 Å². The number of hydrogen-bond acceptors (Lipinski definition) is 8. The van der Waals surface area contributed by atoms with Gasteiger partial charge in [-0.1, -0.05) is 58.0 Å². The number of alkyl carbamates (subject to hydrolysis) is 1. The van der Waals surface area contributed by atoms with Gasteiger partial charge in [0.05, 0.1) is 30.0 Å². The molecule has 0 bridgehead atoms. The summed E-state index contributed by atoms with van der Waals surface area (Å²) in [5.74, 6) is -1.92. The van der Waals surface area contributed by atoms with Crippen molar-refractivity contribution >= 4 is 27.7 Å². The SMILES string of the molecule is CC(C)C[C@@H](NC(=O)[C@H](Cc1cnc[nH]1)NC(=O)[C@H](Cc1ccccc1)NC(=O)OC(C)(C)C)[C@H](O)CS(=O)(=O)CC(C)C. The van der Waals surface area contributed by atoms with E-state index in [-0.39, 0.29) is 30.4 Å². The first-order chi connectivity index (χ1) is 20.4. The largest absolute Gasteiger partial charge is 0.444 e. The van der Waals surface area contributed by atoms with E-state index in [1.54, 1.807) is 34.6 Å². The van der Waals surface area contributed by atoms with Crippen molar-refractivity contribution in [2.24, 2.45) is 11.8 Å². The summed E-state index contributed by atoms with van der Waals surface area (Å²) in [6.45, 7) is 12.5. The molecule has 4 atom stereocenters. The average molecular weight is 636 g/mol. The highest BCUT2D eigenvalue weighted by Gasteiger charge is 2.33. The number of imidazole rings is 1. The standard InChI is InChI=1S/C31H49N5O7S/c1-20(2)13-24(27(37)18-44(41,42)17-21(3)4)34-29(39)26(15-23-16-32-19-33-23)35-28(38)25(14-22-11-9-8-10-12-22)36-30(40)43-31(5,6)7/h8-12,16,19-21,24-27,37H,13-15,17-18H2,1-7H3,(H,32,33)(H,34,39)(H,35,38)(H,36,40)/t24-,25+,26+,27-/m1/s1. The van der Waals surface area contributed by atoms with E-state index in [9.17, 15) is 27.9 Å². The molecule has 3 amide bonds. The highest BCUT2D eigenvalue weighted by molar-refractivity contribution is 7.91. The second-order valence-electron chi connectivity index (χ2n) is 13.0. The maximum absolute atomic E-state index is 13.7. The van der Waals surface area contributed by atoms with E-state index in [0.29, 0.717) is 12.1 Å². The zero-order chi connectivity index (χ0) is 33.1. The predicted molar refractivity (Wildman–Crippen MR) is 168 cm³/mol. The Bertz CT molecular complexity index is 1290. The Kier molecular flexibility index (Phi) is 13.8. The lowest BCUT2D eigenvalue weighted by atomic mass is 9.99. The van der Waals surface area contributed by atoms with Crippen molar-refractivity contribution in [1.82, 2.24) is 25.9 Å². The van der Waals surface area contributed by atoms with Crippen LogP contribution < -0.4 is 16.0 Å². The van der Waals surface area contributed by atoms with Gasteiger partial charge in [-0.25, -0.2) is 18.2 Å². The number of aliphatic hydroxyl groups excluding tert-OH is 1. The van der Waals surface area contributed by atoms with Gasteiger partial charge in [0.1, 0.15) is 17.7 Å². The molecule has 0 radical (unpaired) electrons. The van der Waals surface area contributed by atoms with Crippen LogP contribution >= 0.6 is 0 Å². The summed E-state index contributed by atoms with van der Waals surface area (Å²) >= 11 is 0. The van der Waals surface area contributed by atoms with E-state index >= 15 is 0 Å². The monoisotopic (exact) mass is 635 g/mol. The molecule has 246 valence electrons. The highest BCUT2D eigenvalue weighted by atomic mass is 32.2. The van der Waals surface area contributed by atoms with Crippen LogP contribution in [0, 0.1) is 11.8 Å². The van der Waals surface area contributed by atoms with Crippen LogP contribution in [-0.4, -0.2) is 82.7 Å². The Hall–Kier alpha value is -3.45. The minimum absolute atomic E-state index is 0.0247. The zero-order valence-corrected chi connectivity index (χ0v) is 27.6. The van der Waals surface area contributed by atoms with E-state index in [2.05, 4.69) is 25.9 Å². The lowest BCUT2D eigenvalue weighted by Gasteiger charge is -2.29. The van der Waals surface area contributed by atoms with Crippen molar-refractivity contribution in [2.45, 2.75) is 97.6 Å². The molecule has 2 aromatic rings. The molecule has 0 spiro atoms. The molecule has 1 aromatic carbocycles. The van der Waals surface area contributed by atoms with Crippen molar-refractivity contribution in [3.63, 3.8) is 0 Å². The Labute approximate surface area is 261 Å². The molecule has 1 heterocycles. The molecule has 0 unspecified atom stereocenters. The molecule has 2 rings (SSSR count). The van der Waals surface area contributed by atoms with E-state index in [1.807, 2.05) is 44.2 Å². The molecular formula is C31H49N5O7S. The van der Waals surface area contributed by atoms with E-state index in [1.165, 1.54) is 12.5 Å². The molecule has 5 N–H and O–H groups in total. The molecular weight excluding hydrogens is 586 g/mol. The molecule has 0 aliphatic carbocycles. The van der Waals surface area contributed by atoms with Gasteiger partial charge in [-0.05, 0) is 44.6 Å². The van der Waals surface area contributed by atoms with Gasteiger partial charge in [0.15, 0.2) is 9.84 Å². The molecule has 0 saturated heterocycles. The number of ether oxygens (including phenoxy) is 1. The maximum atomic E-state index is 13.7. The summed E-state index contributed by atoms with van der Waals surface area (Å²) in [7, 11) is -3.58. The van der Waals surface area contributed by atoms with Crippen LogP contribution in [0.5, 0.6) is 0 Å². The van der Waals surface area contributed by atoms with Gasteiger partial charge in [-0.2, -0.15) is 0 Å². The van der Waals surface area contributed by atoms with Crippen molar-refractivity contribution in [3.8, 4) is 0 Å². The van der Waals surface area contributed by atoms with E-state index in [4.69, 9.17) is 4.74 Å². The summed E-state index contributed by atoms with van der Waals surface area (Å²) in [6, 6.07) is 5.99. The zero-order valence-electron chi connectivity index (χ0n) is 26.8. The number of hydrogen-bond donors (Lipinski definition) is 5. The second kappa shape index (κ2) is 16.6. The normalized spacial score (nSPS) is 14.9. The van der Waals surface area contributed by atoms with Crippen LogP contribution in [0.4, 0.5) is 4.79 Å². The van der Waals surface area contributed by atoms with Gasteiger partial charge in [0.2, 0.25) is 11.8 Å². The van der Waals surface area contributed by atoms with E-state index in [0.717, 1.165) is 5.56 Å². The van der Waals surface area contributed by atoms with Crippen LogP contribution in [-0.2, 0) is 37.0 Å². The number of aromatic nitrogens is 2. The number of aliphatic hydroxyl groups is 1. The first-order valence-electron chi connectivity index (χ1n) is 14.9. The first-order valence-corrected chi connectivity index (χ1v) is 16.8. The Morgan fingerprint density at radius 3 is 2.07 bits per heavy atom. The predicted octanol–water partition coefficient (Wildman–Crippen LogP) is 2.54. The molecule has 44 heavy (non-hydrogen) atoms. The molecule has 13 heteroatoms. The molecule has 12 nitrogen and oxygen atoms in total. The Balaban J connectivity index is 2.31. The molecule has 0 fully saturated rings. The minimum atomic E-state index is -3.58. The number of carbonyl (C=O) groups is 3. The number of nitrogens with one attached hydrogen (secondary N) is 4. The number of H-pyrrole nitrogens is 1. The van der Waals surface area contributed by atoms with Gasteiger partial charge in [0, 0.05) is 24.7 Å². The molecule has 0 aliphatic heterocycles. The van der Waals surface area contributed by atoms with Gasteiger partial charge in [-0.15, -0.1) is 0 Å². The fourth-order valence-corrected chi connectivity index (χ4v) is 6.57. The van der Waals surface area contributed by atoms with Crippen LogP contribution in [0.1, 0.15) is 66.1 Å². The number of sulfone groups is 1. The summed E-state index contributed by atoms with van der Waals surface area (Å²) < 4.78 is 30.6. The summed E-state index contributed by atoms with van der Waals surface area (Å²) in [6.07, 6.45) is 1.29. The van der Waals surface area contributed by atoms with Crippen LogP contribution in [0.25, 0.3) is 0 Å². The van der Waals surface area contributed by atoms with Crippen molar-refractivity contribution in [3.05, 3.63) is 54.1 Å². The third-order valence-electron chi connectivity index (χ3n) is 6.43. The van der Waals surface area contributed by atoms with Crippen LogP contribution in [0.2, 0.25) is 0 Å². The number of nitrogens with zero attached hydrogens (tertiary/aromatic N) is 1. The number of benzene rings is 1. The number of rotatable bonds is 16. The summed E-state index contributed by atoms with van der Waals surface area (Å²) in [5, 5.41) is 19.1. The topological polar surface area (TPSA) is 180 Å². The molecule has 0 saturated carbocycles. The number of amides is 3.